The number of nitrogens with one attached hydrogen (secondary N) is 2. The quantitative estimate of drug-likeness (QED) is 0.510. The van der Waals surface area contributed by atoms with Gasteiger partial charge in [0.25, 0.3) is 11.8 Å². The Bertz CT molecular complexity index is 1050. The molecular weight excluding hydrogens is 447 g/mol. The van der Waals surface area contributed by atoms with Crippen LogP contribution >= 0.6 is 23.2 Å². The monoisotopic (exact) mass is 462 g/mol. The number of carbonyl (C=O) groups is 4. The molecule has 0 fully saturated rings. The summed E-state index contributed by atoms with van der Waals surface area (Å²) in [5.74, 6) is -3.32. The second-order valence-electron chi connectivity index (χ2n) is 6.16. The van der Waals surface area contributed by atoms with Gasteiger partial charge in [0.1, 0.15) is 12.1 Å². The van der Waals surface area contributed by atoms with Crippen molar-refractivity contribution in [2.45, 2.75) is 12.5 Å². The van der Waals surface area contributed by atoms with Gasteiger partial charge >= 0.3 is 5.97 Å². The predicted molar refractivity (Wildman–Crippen MR) is 112 cm³/mol. The number of halogens is 2. The number of rotatable bonds is 8. The predicted octanol–water partition coefficient (Wildman–Crippen LogP) is 2.02. The maximum absolute atomic E-state index is 12.3. The molecule has 0 unspecified atom stereocenters. The van der Waals surface area contributed by atoms with Gasteiger partial charge in [-0.25, -0.2) is 4.79 Å². The van der Waals surface area contributed by atoms with E-state index < -0.39 is 42.8 Å². The summed E-state index contributed by atoms with van der Waals surface area (Å²) in [6.07, 6.45) is -0.535. The van der Waals surface area contributed by atoms with Crippen molar-refractivity contribution in [1.82, 2.24) is 5.32 Å². The SMILES string of the molecule is N#Cc1ccc(Cl)cc1NC(=O)COC(=O)[C@@H](CC(N)=O)NC(=O)c1ccc(Cl)cc1. The van der Waals surface area contributed by atoms with Crippen LogP contribution in [0.2, 0.25) is 10.0 Å². The molecule has 0 saturated heterocycles. The molecule has 0 aliphatic heterocycles. The number of primary amides is 1. The lowest BCUT2D eigenvalue weighted by atomic mass is 10.1. The number of anilines is 1. The fourth-order valence-corrected chi connectivity index (χ4v) is 2.68. The first kappa shape index (κ1) is 23.7. The molecule has 4 N–H and O–H groups in total. The van der Waals surface area contributed by atoms with E-state index in [2.05, 4.69) is 10.6 Å². The van der Waals surface area contributed by atoms with Crippen LogP contribution in [0.5, 0.6) is 0 Å². The summed E-state index contributed by atoms with van der Waals surface area (Å²) in [5, 5.41) is 14.5. The molecule has 9 nitrogen and oxygen atoms in total. The number of ether oxygens (including phenoxy) is 1. The smallest absolute Gasteiger partial charge is 0.329 e. The summed E-state index contributed by atoms with van der Waals surface area (Å²) in [6, 6.07) is 10.5. The number of esters is 1. The van der Waals surface area contributed by atoms with Gasteiger partial charge in [0.2, 0.25) is 5.91 Å². The van der Waals surface area contributed by atoms with Crippen molar-refractivity contribution in [3.05, 3.63) is 63.6 Å². The third-order valence-electron chi connectivity index (χ3n) is 3.82. The van der Waals surface area contributed by atoms with E-state index in [1.54, 1.807) is 0 Å². The molecule has 31 heavy (non-hydrogen) atoms. The van der Waals surface area contributed by atoms with Crippen molar-refractivity contribution in [3.8, 4) is 6.07 Å². The number of nitriles is 1. The molecule has 0 bridgehead atoms. The van der Waals surface area contributed by atoms with Gasteiger partial charge in [0, 0.05) is 15.6 Å². The third kappa shape index (κ3) is 7.29. The second kappa shape index (κ2) is 11.0. The minimum absolute atomic E-state index is 0.140. The largest absolute Gasteiger partial charge is 0.454 e. The van der Waals surface area contributed by atoms with Crippen molar-refractivity contribution in [2.75, 3.05) is 11.9 Å². The zero-order valence-corrected chi connectivity index (χ0v) is 17.4. The summed E-state index contributed by atoms with van der Waals surface area (Å²) in [6.45, 7) is -0.734. The Kier molecular flexibility index (Phi) is 8.37. The Balaban J connectivity index is 2.00. The lowest BCUT2D eigenvalue weighted by Gasteiger charge is -2.16. The molecule has 11 heteroatoms. The van der Waals surface area contributed by atoms with Crippen LogP contribution < -0.4 is 16.4 Å². The maximum atomic E-state index is 12.3. The van der Waals surface area contributed by atoms with Crippen LogP contribution in [-0.2, 0) is 19.1 Å². The van der Waals surface area contributed by atoms with Crippen molar-refractivity contribution >= 4 is 52.6 Å². The van der Waals surface area contributed by atoms with E-state index in [9.17, 15) is 19.2 Å². The molecule has 0 spiro atoms. The van der Waals surface area contributed by atoms with Gasteiger partial charge < -0.3 is 21.1 Å². The molecule has 0 heterocycles. The average molecular weight is 463 g/mol. The zero-order chi connectivity index (χ0) is 23.0. The van der Waals surface area contributed by atoms with Crippen molar-refractivity contribution < 1.29 is 23.9 Å². The highest BCUT2D eigenvalue weighted by Crippen LogP contribution is 2.20. The minimum atomic E-state index is -1.41. The van der Waals surface area contributed by atoms with E-state index in [4.69, 9.17) is 38.9 Å². The zero-order valence-electron chi connectivity index (χ0n) is 15.9. The summed E-state index contributed by atoms with van der Waals surface area (Å²) in [5.41, 5.74) is 5.62. The van der Waals surface area contributed by atoms with E-state index in [0.717, 1.165) is 0 Å². The molecule has 0 radical (unpaired) electrons. The highest BCUT2D eigenvalue weighted by Gasteiger charge is 2.25. The number of nitrogens with zero attached hydrogens (tertiary/aromatic N) is 1. The molecular formula is C20H16Cl2N4O5. The molecule has 1 atom stereocenters. The third-order valence-corrected chi connectivity index (χ3v) is 4.31. The van der Waals surface area contributed by atoms with Gasteiger partial charge in [-0.3, -0.25) is 14.4 Å². The highest BCUT2D eigenvalue weighted by atomic mass is 35.5. The van der Waals surface area contributed by atoms with Crippen LogP contribution in [0.15, 0.2) is 42.5 Å². The lowest BCUT2D eigenvalue weighted by molar-refractivity contribution is -0.150. The molecule has 0 aromatic heterocycles. The Morgan fingerprint density at radius 3 is 2.32 bits per heavy atom. The molecule has 2 aromatic carbocycles. The molecule has 160 valence electrons. The number of carbonyl (C=O) groups excluding carboxylic acids is 4. The standard InChI is InChI=1S/C20H16Cl2N4O5/c21-13-4-1-11(2-5-13)19(29)26-16(8-17(24)27)20(30)31-10-18(28)25-15-7-14(22)6-3-12(15)9-23/h1-7,16H,8,10H2,(H2,24,27)(H,25,28)(H,26,29)/t16-/m1/s1. The maximum Gasteiger partial charge on any atom is 0.329 e. The van der Waals surface area contributed by atoms with Crippen molar-refractivity contribution in [2.24, 2.45) is 5.73 Å². The van der Waals surface area contributed by atoms with E-state index in [0.29, 0.717) is 5.02 Å². The first-order chi connectivity index (χ1) is 14.7. The van der Waals surface area contributed by atoms with Crippen LogP contribution in [0.3, 0.4) is 0 Å². The fourth-order valence-electron chi connectivity index (χ4n) is 2.38. The average Bonchev–Trinajstić information content (AvgIpc) is 2.71. The lowest BCUT2D eigenvalue weighted by Crippen LogP contribution is -2.44. The fraction of sp³-hybridized carbons (Fsp3) is 0.150. The highest BCUT2D eigenvalue weighted by molar-refractivity contribution is 6.31. The number of hydrogen-bond donors (Lipinski definition) is 3. The number of hydrogen-bond acceptors (Lipinski definition) is 6. The van der Waals surface area contributed by atoms with Crippen LogP contribution in [-0.4, -0.2) is 36.3 Å². The Morgan fingerprint density at radius 1 is 1.06 bits per heavy atom. The van der Waals surface area contributed by atoms with E-state index in [-0.39, 0.29) is 21.8 Å². The Hall–Kier alpha value is -3.61. The summed E-state index contributed by atoms with van der Waals surface area (Å²) >= 11 is 11.6. The van der Waals surface area contributed by atoms with Crippen LogP contribution in [0.25, 0.3) is 0 Å². The van der Waals surface area contributed by atoms with Crippen LogP contribution in [0.1, 0.15) is 22.3 Å². The van der Waals surface area contributed by atoms with Crippen LogP contribution in [0, 0.1) is 11.3 Å². The molecule has 2 aromatic rings. The number of amides is 3. The van der Waals surface area contributed by atoms with Crippen molar-refractivity contribution in [1.29, 1.82) is 5.26 Å². The van der Waals surface area contributed by atoms with Crippen LogP contribution in [0.4, 0.5) is 5.69 Å². The minimum Gasteiger partial charge on any atom is -0.454 e. The van der Waals surface area contributed by atoms with Gasteiger partial charge in [0.05, 0.1) is 17.7 Å². The molecule has 0 aliphatic carbocycles. The van der Waals surface area contributed by atoms with Crippen molar-refractivity contribution in [3.63, 3.8) is 0 Å². The number of nitrogens with two attached hydrogens (primary N) is 1. The van der Waals surface area contributed by atoms with Gasteiger partial charge in [0.15, 0.2) is 6.61 Å². The second-order valence-corrected chi connectivity index (χ2v) is 7.03. The first-order valence-corrected chi connectivity index (χ1v) is 9.46. The summed E-state index contributed by atoms with van der Waals surface area (Å²) < 4.78 is 4.89. The van der Waals surface area contributed by atoms with E-state index in [1.807, 2.05) is 6.07 Å². The molecule has 0 saturated carbocycles. The Morgan fingerprint density at radius 2 is 1.71 bits per heavy atom. The number of benzene rings is 2. The topological polar surface area (TPSA) is 151 Å². The van der Waals surface area contributed by atoms with Gasteiger partial charge in [-0.05, 0) is 42.5 Å². The Labute approximate surface area is 187 Å². The molecule has 0 aliphatic rings. The van der Waals surface area contributed by atoms with Gasteiger partial charge in [-0.15, -0.1) is 0 Å². The summed E-state index contributed by atoms with van der Waals surface area (Å²) in [4.78, 5) is 48.0. The molecule has 3 amide bonds. The molecule has 2 rings (SSSR count). The van der Waals surface area contributed by atoms with Gasteiger partial charge in [-0.1, -0.05) is 23.2 Å². The normalized spacial score (nSPS) is 11.0. The summed E-state index contributed by atoms with van der Waals surface area (Å²) in [7, 11) is 0. The first-order valence-electron chi connectivity index (χ1n) is 8.70. The van der Waals surface area contributed by atoms with Gasteiger partial charge in [-0.2, -0.15) is 5.26 Å². The van der Waals surface area contributed by atoms with E-state index in [1.165, 1.54) is 42.5 Å². The van der Waals surface area contributed by atoms with E-state index >= 15 is 0 Å².